The number of aryl methyl sites for hydroxylation is 1. The van der Waals surface area contributed by atoms with Gasteiger partial charge >= 0.3 is 5.97 Å². The summed E-state index contributed by atoms with van der Waals surface area (Å²) < 4.78 is 5.12. The first-order valence-electron chi connectivity index (χ1n) is 7.62. The SMILES string of the molecule is Cc1cccc(C(=O)O[C@H](C)C(=O)NCCN2C(=O)CSC2=O)c1N. The lowest BCUT2D eigenvalue weighted by atomic mass is 10.1. The Labute approximate surface area is 149 Å². The molecule has 3 N–H and O–H groups in total. The number of hydrogen-bond acceptors (Lipinski definition) is 7. The standard InChI is InChI=1S/C16H19N3O5S/c1-9-4-3-5-11(13(9)17)15(22)24-10(2)14(21)18-6-7-19-12(20)8-25-16(19)23/h3-5,10H,6-8,17H2,1-2H3,(H,18,21)/t10-/m1/s1. The molecule has 1 fully saturated rings. The number of hydrogen-bond donors (Lipinski definition) is 2. The highest BCUT2D eigenvalue weighted by Gasteiger charge is 2.29. The van der Waals surface area contributed by atoms with E-state index in [1.807, 2.05) is 0 Å². The molecule has 0 bridgehead atoms. The third kappa shape index (κ3) is 4.50. The van der Waals surface area contributed by atoms with E-state index in [1.54, 1.807) is 19.1 Å². The maximum atomic E-state index is 12.1. The zero-order valence-corrected chi connectivity index (χ0v) is 14.7. The van der Waals surface area contributed by atoms with Gasteiger partial charge in [-0.3, -0.25) is 19.3 Å². The van der Waals surface area contributed by atoms with Crippen LogP contribution in [0.3, 0.4) is 0 Å². The largest absolute Gasteiger partial charge is 0.449 e. The molecule has 0 aromatic heterocycles. The topological polar surface area (TPSA) is 119 Å². The molecule has 0 radical (unpaired) electrons. The van der Waals surface area contributed by atoms with Crippen molar-refractivity contribution in [1.29, 1.82) is 0 Å². The highest BCUT2D eigenvalue weighted by molar-refractivity contribution is 8.14. The summed E-state index contributed by atoms with van der Waals surface area (Å²) in [5.74, 6) is -1.37. The number of anilines is 1. The first kappa shape index (κ1) is 18.8. The van der Waals surface area contributed by atoms with Gasteiger partial charge in [0, 0.05) is 18.8 Å². The number of carbonyl (C=O) groups is 4. The van der Waals surface area contributed by atoms with E-state index in [9.17, 15) is 19.2 Å². The van der Waals surface area contributed by atoms with Gasteiger partial charge in [-0.1, -0.05) is 23.9 Å². The average molecular weight is 365 g/mol. The van der Waals surface area contributed by atoms with Crippen LogP contribution in [-0.4, -0.2) is 52.9 Å². The first-order chi connectivity index (χ1) is 11.8. The van der Waals surface area contributed by atoms with E-state index in [1.165, 1.54) is 13.0 Å². The maximum Gasteiger partial charge on any atom is 0.341 e. The van der Waals surface area contributed by atoms with Crippen LogP contribution in [0.1, 0.15) is 22.8 Å². The number of nitrogens with one attached hydrogen (secondary N) is 1. The Morgan fingerprint density at radius 1 is 1.40 bits per heavy atom. The zero-order valence-electron chi connectivity index (χ0n) is 13.9. The molecule has 9 heteroatoms. The summed E-state index contributed by atoms with van der Waals surface area (Å²) in [5.41, 5.74) is 7.09. The van der Waals surface area contributed by atoms with Gasteiger partial charge < -0.3 is 15.8 Å². The highest BCUT2D eigenvalue weighted by atomic mass is 32.2. The van der Waals surface area contributed by atoms with Crippen molar-refractivity contribution in [2.24, 2.45) is 0 Å². The number of amides is 3. The second kappa shape index (κ2) is 8.02. The van der Waals surface area contributed by atoms with Crippen LogP contribution < -0.4 is 11.1 Å². The molecular formula is C16H19N3O5S. The lowest BCUT2D eigenvalue weighted by molar-refractivity contribution is -0.130. The first-order valence-corrected chi connectivity index (χ1v) is 8.60. The van der Waals surface area contributed by atoms with E-state index in [0.29, 0.717) is 5.69 Å². The normalized spacial score (nSPS) is 15.2. The van der Waals surface area contributed by atoms with Crippen molar-refractivity contribution >= 4 is 40.5 Å². The van der Waals surface area contributed by atoms with E-state index < -0.39 is 18.0 Å². The summed E-state index contributed by atoms with van der Waals surface area (Å²) >= 11 is 0.931. The monoisotopic (exact) mass is 365 g/mol. The summed E-state index contributed by atoms with van der Waals surface area (Å²) in [4.78, 5) is 48.1. The number of imide groups is 1. The van der Waals surface area contributed by atoms with Crippen molar-refractivity contribution in [3.8, 4) is 0 Å². The quantitative estimate of drug-likeness (QED) is 0.568. The van der Waals surface area contributed by atoms with Gasteiger partial charge in [-0.15, -0.1) is 0 Å². The van der Waals surface area contributed by atoms with Gasteiger partial charge in [-0.05, 0) is 25.5 Å². The van der Waals surface area contributed by atoms with E-state index in [-0.39, 0.29) is 35.6 Å². The van der Waals surface area contributed by atoms with Crippen LogP contribution in [0.25, 0.3) is 0 Å². The molecule has 0 aliphatic carbocycles. The molecule has 2 rings (SSSR count). The summed E-state index contributed by atoms with van der Waals surface area (Å²) in [6.07, 6.45) is -1.04. The van der Waals surface area contributed by atoms with E-state index >= 15 is 0 Å². The zero-order chi connectivity index (χ0) is 18.6. The summed E-state index contributed by atoms with van der Waals surface area (Å²) in [7, 11) is 0. The lowest BCUT2D eigenvalue weighted by Crippen LogP contribution is -2.41. The Balaban J connectivity index is 1.83. The Bertz CT molecular complexity index is 706. The predicted octanol–water partition coefficient (Wildman–Crippen LogP) is 0.934. The molecule has 1 saturated heterocycles. The number of benzene rings is 1. The van der Waals surface area contributed by atoms with Gasteiger partial charge in [-0.2, -0.15) is 0 Å². The van der Waals surface area contributed by atoms with Gasteiger partial charge in [0.15, 0.2) is 6.10 Å². The third-order valence-corrected chi connectivity index (χ3v) is 4.53. The second-order valence-electron chi connectivity index (χ2n) is 5.47. The minimum absolute atomic E-state index is 0.0852. The summed E-state index contributed by atoms with van der Waals surface area (Å²) in [5, 5.41) is 2.21. The van der Waals surface area contributed by atoms with Crippen LogP contribution in [0.15, 0.2) is 18.2 Å². The predicted molar refractivity (Wildman–Crippen MR) is 93.0 cm³/mol. The molecule has 1 atom stereocenters. The molecule has 1 aromatic rings. The maximum absolute atomic E-state index is 12.1. The number of nitrogens with two attached hydrogens (primary N) is 1. The van der Waals surface area contributed by atoms with Gasteiger partial charge in [-0.25, -0.2) is 4.79 Å². The fraction of sp³-hybridized carbons (Fsp3) is 0.375. The molecule has 0 spiro atoms. The molecule has 25 heavy (non-hydrogen) atoms. The van der Waals surface area contributed by atoms with Crippen molar-refractivity contribution < 1.29 is 23.9 Å². The van der Waals surface area contributed by atoms with Gasteiger partial charge in [0.05, 0.1) is 11.3 Å². The Morgan fingerprint density at radius 2 is 2.12 bits per heavy atom. The number of rotatable bonds is 6. The molecule has 3 amide bonds. The van der Waals surface area contributed by atoms with E-state index in [4.69, 9.17) is 10.5 Å². The van der Waals surface area contributed by atoms with Crippen LogP contribution in [-0.2, 0) is 14.3 Å². The Morgan fingerprint density at radius 3 is 2.76 bits per heavy atom. The third-order valence-electron chi connectivity index (χ3n) is 3.67. The van der Waals surface area contributed by atoms with Crippen molar-refractivity contribution in [3.05, 3.63) is 29.3 Å². The number of ether oxygens (including phenoxy) is 1. The Kier molecular flexibility index (Phi) is 6.02. The summed E-state index contributed by atoms with van der Waals surface area (Å²) in [6, 6.07) is 4.97. The number of nitrogens with zero attached hydrogens (tertiary/aromatic N) is 1. The van der Waals surface area contributed by atoms with Crippen LogP contribution in [0, 0.1) is 6.92 Å². The van der Waals surface area contributed by atoms with E-state index in [2.05, 4.69) is 5.32 Å². The van der Waals surface area contributed by atoms with Crippen molar-refractivity contribution in [1.82, 2.24) is 10.2 Å². The summed E-state index contributed by atoms with van der Waals surface area (Å²) in [6.45, 7) is 3.37. The number of nitrogen functional groups attached to an aromatic ring is 1. The Hall–Kier alpha value is -2.55. The lowest BCUT2D eigenvalue weighted by Gasteiger charge is -2.16. The molecule has 1 aromatic carbocycles. The number of carbonyl (C=O) groups excluding carboxylic acids is 4. The molecule has 0 saturated carbocycles. The minimum Gasteiger partial charge on any atom is -0.449 e. The van der Waals surface area contributed by atoms with Crippen LogP contribution in [0.4, 0.5) is 10.5 Å². The fourth-order valence-corrected chi connectivity index (χ4v) is 2.92. The van der Waals surface area contributed by atoms with Crippen LogP contribution in [0.5, 0.6) is 0 Å². The second-order valence-corrected chi connectivity index (χ2v) is 6.40. The van der Waals surface area contributed by atoms with E-state index in [0.717, 1.165) is 22.2 Å². The number of para-hydroxylation sites is 1. The van der Waals surface area contributed by atoms with Crippen molar-refractivity contribution in [2.45, 2.75) is 20.0 Å². The molecule has 1 aliphatic heterocycles. The molecule has 134 valence electrons. The number of esters is 1. The highest BCUT2D eigenvalue weighted by Crippen LogP contribution is 2.18. The molecule has 0 unspecified atom stereocenters. The smallest absolute Gasteiger partial charge is 0.341 e. The molecular weight excluding hydrogens is 346 g/mol. The molecule has 8 nitrogen and oxygen atoms in total. The fourth-order valence-electron chi connectivity index (χ4n) is 2.17. The van der Waals surface area contributed by atoms with Crippen LogP contribution in [0.2, 0.25) is 0 Å². The molecule has 1 heterocycles. The van der Waals surface area contributed by atoms with Gasteiger partial charge in [0.2, 0.25) is 5.91 Å². The minimum atomic E-state index is -1.04. The molecule has 1 aliphatic rings. The van der Waals surface area contributed by atoms with Crippen molar-refractivity contribution in [3.63, 3.8) is 0 Å². The number of thioether (sulfide) groups is 1. The van der Waals surface area contributed by atoms with Gasteiger partial charge in [0.25, 0.3) is 11.1 Å². The average Bonchev–Trinajstić information content (AvgIpc) is 2.88. The van der Waals surface area contributed by atoms with Gasteiger partial charge in [0.1, 0.15) is 0 Å². The van der Waals surface area contributed by atoms with Crippen molar-refractivity contribution in [2.75, 3.05) is 24.6 Å². The van der Waals surface area contributed by atoms with Crippen LogP contribution >= 0.6 is 11.8 Å².